The van der Waals surface area contributed by atoms with Gasteiger partial charge in [-0.2, -0.15) is 0 Å². The molecule has 0 aliphatic rings. The molecule has 4 nitrogen and oxygen atoms in total. The molecule has 3 aromatic carbocycles. The van der Waals surface area contributed by atoms with Crippen molar-refractivity contribution in [1.29, 1.82) is 0 Å². The van der Waals surface area contributed by atoms with Crippen LogP contribution >= 0.6 is 23.4 Å². The number of hydrogen-bond donors (Lipinski definition) is 1. The fourth-order valence-electron chi connectivity index (χ4n) is 3.60. The van der Waals surface area contributed by atoms with Gasteiger partial charge in [0.1, 0.15) is 11.9 Å². The number of carbonyl (C=O) groups excluding carboxylic acids is 2. The molecule has 0 saturated heterocycles. The van der Waals surface area contributed by atoms with Crippen LogP contribution in [0.4, 0.5) is 4.39 Å². The molecule has 3 aromatic rings. The SMILES string of the molecule is CCNC(=O)C(Cc1ccccc1)N(Cc1ccccc1F)C(=O)CSCc1ccccc1Cl. The molecule has 1 atom stereocenters. The summed E-state index contributed by atoms with van der Waals surface area (Å²) in [5.74, 6) is -0.189. The minimum absolute atomic E-state index is 0.00674. The zero-order valence-electron chi connectivity index (χ0n) is 19.0. The summed E-state index contributed by atoms with van der Waals surface area (Å²) in [7, 11) is 0. The number of hydrogen-bond acceptors (Lipinski definition) is 3. The first-order valence-corrected chi connectivity index (χ1v) is 12.7. The number of likely N-dealkylation sites (N-methyl/N-ethyl adjacent to an activating group) is 1. The maximum atomic E-state index is 14.5. The molecule has 1 unspecified atom stereocenters. The number of rotatable bonds is 11. The Labute approximate surface area is 209 Å². The Morgan fingerprint density at radius 3 is 2.29 bits per heavy atom. The fourth-order valence-corrected chi connectivity index (χ4v) is 4.80. The first-order chi connectivity index (χ1) is 16.5. The highest BCUT2D eigenvalue weighted by Crippen LogP contribution is 2.23. The van der Waals surface area contributed by atoms with Gasteiger partial charge in [-0.3, -0.25) is 9.59 Å². The number of nitrogens with one attached hydrogen (secondary N) is 1. The quantitative estimate of drug-likeness (QED) is 0.380. The summed E-state index contributed by atoms with van der Waals surface area (Å²) in [6.07, 6.45) is 0.335. The Morgan fingerprint density at radius 2 is 1.62 bits per heavy atom. The van der Waals surface area contributed by atoms with E-state index in [4.69, 9.17) is 11.6 Å². The lowest BCUT2D eigenvalue weighted by Crippen LogP contribution is -2.51. The summed E-state index contributed by atoms with van der Waals surface area (Å²) in [5.41, 5.74) is 2.23. The van der Waals surface area contributed by atoms with E-state index in [1.54, 1.807) is 18.2 Å². The first-order valence-electron chi connectivity index (χ1n) is 11.1. The number of halogens is 2. The molecule has 178 valence electrons. The van der Waals surface area contributed by atoms with Gasteiger partial charge in [-0.1, -0.05) is 78.3 Å². The largest absolute Gasteiger partial charge is 0.355 e. The molecule has 0 aliphatic heterocycles. The second-order valence-corrected chi connectivity index (χ2v) is 9.19. The maximum Gasteiger partial charge on any atom is 0.243 e. The van der Waals surface area contributed by atoms with Crippen molar-refractivity contribution in [2.24, 2.45) is 0 Å². The highest BCUT2D eigenvalue weighted by Gasteiger charge is 2.30. The molecule has 0 saturated carbocycles. The zero-order valence-corrected chi connectivity index (χ0v) is 20.6. The minimum Gasteiger partial charge on any atom is -0.355 e. The Morgan fingerprint density at radius 1 is 0.971 bits per heavy atom. The van der Waals surface area contributed by atoms with E-state index >= 15 is 0 Å². The lowest BCUT2D eigenvalue weighted by Gasteiger charge is -2.31. The normalized spacial score (nSPS) is 11.6. The molecule has 0 aliphatic carbocycles. The van der Waals surface area contributed by atoms with E-state index in [0.29, 0.717) is 29.3 Å². The predicted octanol–water partition coefficient (Wildman–Crippen LogP) is 5.49. The maximum absolute atomic E-state index is 14.5. The smallest absolute Gasteiger partial charge is 0.243 e. The third kappa shape index (κ3) is 7.34. The van der Waals surface area contributed by atoms with Crippen LogP contribution in [0.25, 0.3) is 0 Å². The van der Waals surface area contributed by atoms with Gasteiger partial charge in [-0.25, -0.2) is 4.39 Å². The van der Waals surface area contributed by atoms with Crippen molar-refractivity contribution in [3.63, 3.8) is 0 Å². The zero-order chi connectivity index (χ0) is 24.3. The van der Waals surface area contributed by atoms with Gasteiger partial charge in [-0.05, 0) is 30.2 Å². The minimum atomic E-state index is -0.768. The average Bonchev–Trinajstić information content (AvgIpc) is 2.84. The van der Waals surface area contributed by atoms with E-state index in [9.17, 15) is 14.0 Å². The first kappa shape index (κ1) is 25.8. The number of nitrogens with zero attached hydrogens (tertiary/aromatic N) is 1. The van der Waals surface area contributed by atoms with Gasteiger partial charge in [-0.15, -0.1) is 11.8 Å². The molecule has 7 heteroatoms. The molecular weight excluding hydrogens is 471 g/mol. The number of amides is 2. The van der Waals surface area contributed by atoms with Crippen LogP contribution in [-0.2, 0) is 28.3 Å². The van der Waals surface area contributed by atoms with Crippen LogP contribution in [-0.4, -0.2) is 35.1 Å². The van der Waals surface area contributed by atoms with Gasteiger partial charge in [0.05, 0.1) is 5.75 Å². The summed E-state index contributed by atoms with van der Waals surface area (Å²) in [6.45, 7) is 2.28. The molecule has 0 aromatic heterocycles. The molecular formula is C27H28ClFN2O2S. The molecule has 0 spiro atoms. The van der Waals surface area contributed by atoms with E-state index in [2.05, 4.69) is 5.32 Å². The van der Waals surface area contributed by atoms with Crippen LogP contribution in [0.1, 0.15) is 23.6 Å². The molecule has 0 heterocycles. The van der Waals surface area contributed by atoms with Crippen LogP contribution in [0.3, 0.4) is 0 Å². The Hall–Kier alpha value is -2.83. The molecule has 34 heavy (non-hydrogen) atoms. The van der Waals surface area contributed by atoms with Gasteiger partial charge >= 0.3 is 0 Å². The van der Waals surface area contributed by atoms with Crippen LogP contribution in [0.5, 0.6) is 0 Å². The van der Waals surface area contributed by atoms with Crippen molar-refractivity contribution in [3.8, 4) is 0 Å². The van der Waals surface area contributed by atoms with Gasteiger partial charge in [0.2, 0.25) is 11.8 Å². The molecule has 0 bridgehead atoms. The Balaban J connectivity index is 1.84. The summed E-state index contributed by atoms with van der Waals surface area (Å²) in [5, 5.41) is 3.49. The number of carbonyl (C=O) groups is 2. The highest BCUT2D eigenvalue weighted by molar-refractivity contribution is 7.99. The van der Waals surface area contributed by atoms with Gasteiger partial charge < -0.3 is 10.2 Å². The Bertz CT molecular complexity index is 1100. The third-order valence-corrected chi connectivity index (χ3v) is 6.70. The Kier molecular flexibility index (Phi) is 9.98. The predicted molar refractivity (Wildman–Crippen MR) is 137 cm³/mol. The fraction of sp³-hybridized carbons (Fsp3) is 0.259. The summed E-state index contributed by atoms with van der Waals surface area (Å²) in [4.78, 5) is 28.0. The van der Waals surface area contributed by atoms with Crippen molar-refractivity contribution in [2.75, 3.05) is 12.3 Å². The van der Waals surface area contributed by atoms with Gasteiger partial charge in [0, 0.05) is 35.8 Å². The van der Waals surface area contributed by atoms with E-state index in [-0.39, 0.29) is 24.1 Å². The van der Waals surface area contributed by atoms with E-state index < -0.39 is 11.9 Å². The van der Waals surface area contributed by atoms with E-state index in [1.165, 1.54) is 22.7 Å². The number of benzene rings is 3. The monoisotopic (exact) mass is 498 g/mol. The molecule has 0 radical (unpaired) electrons. The molecule has 3 rings (SSSR count). The van der Waals surface area contributed by atoms with Crippen LogP contribution < -0.4 is 5.32 Å². The molecule has 0 fully saturated rings. The van der Waals surface area contributed by atoms with E-state index in [0.717, 1.165) is 11.1 Å². The lowest BCUT2D eigenvalue weighted by molar-refractivity contribution is -0.139. The van der Waals surface area contributed by atoms with Gasteiger partial charge in [0.15, 0.2) is 0 Å². The van der Waals surface area contributed by atoms with Crippen LogP contribution in [0, 0.1) is 5.82 Å². The highest BCUT2D eigenvalue weighted by atomic mass is 35.5. The second-order valence-electron chi connectivity index (χ2n) is 7.80. The van der Waals surface area contributed by atoms with Crippen LogP contribution in [0.2, 0.25) is 5.02 Å². The van der Waals surface area contributed by atoms with Crippen molar-refractivity contribution in [1.82, 2.24) is 10.2 Å². The summed E-state index contributed by atoms with van der Waals surface area (Å²) >= 11 is 7.66. The second kappa shape index (κ2) is 13.2. The lowest BCUT2D eigenvalue weighted by atomic mass is 10.0. The van der Waals surface area contributed by atoms with Crippen molar-refractivity contribution in [2.45, 2.75) is 31.7 Å². The standard InChI is InChI=1S/C27H28ClFN2O2S/c1-2-30-27(33)25(16-20-10-4-3-5-11-20)31(17-21-12-7-9-15-24(21)29)26(32)19-34-18-22-13-6-8-14-23(22)28/h3-15,25H,2,16-19H2,1H3,(H,30,33). The van der Waals surface area contributed by atoms with Crippen molar-refractivity contribution >= 4 is 35.2 Å². The van der Waals surface area contributed by atoms with Gasteiger partial charge in [0.25, 0.3) is 0 Å². The molecule has 2 amide bonds. The summed E-state index contributed by atoms with van der Waals surface area (Å²) < 4.78 is 14.5. The topological polar surface area (TPSA) is 49.4 Å². The molecule has 1 N–H and O–H groups in total. The average molecular weight is 499 g/mol. The third-order valence-electron chi connectivity index (χ3n) is 5.36. The number of thioether (sulfide) groups is 1. The van der Waals surface area contributed by atoms with Crippen LogP contribution in [0.15, 0.2) is 78.9 Å². The van der Waals surface area contributed by atoms with E-state index in [1.807, 2.05) is 61.5 Å². The summed E-state index contributed by atoms with van der Waals surface area (Å²) in [6, 6.07) is 22.6. The van der Waals surface area contributed by atoms with Crippen molar-refractivity contribution in [3.05, 3.63) is 106 Å². The van der Waals surface area contributed by atoms with Crippen molar-refractivity contribution < 1.29 is 14.0 Å².